The molecule has 0 amide bonds. The molecule has 0 fully saturated rings. The van der Waals surface area contributed by atoms with Gasteiger partial charge < -0.3 is 5.11 Å². The molecule has 296 valence electrons. The molecular formula is C52H56N3OPt-. The summed E-state index contributed by atoms with van der Waals surface area (Å²) in [6, 6.07) is 42.3. The third kappa shape index (κ3) is 8.44. The Morgan fingerprint density at radius 3 is 1.72 bits per heavy atom. The fourth-order valence-electron chi connectivity index (χ4n) is 7.35. The molecule has 7 rings (SSSR count). The smallest absolute Gasteiger partial charge is 0.148 e. The summed E-state index contributed by atoms with van der Waals surface area (Å²) in [7, 11) is 0. The maximum absolute atomic E-state index is 12.4. The van der Waals surface area contributed by atoms with E-state index in [0.29, 0.717) is 5.82 Å². The normalized spacial score (nSPS) is 12.5. The Morgan fingerprint density at radius 1 is 0.544 bits per heavy atom. The monoisotopic (exact) mass is 933 g/mol. The van der Waals surface area contributed by atoms with Crippen molar-refractivity contribution in [1.29, 1.82) is 0 Å². The van der Waals surface area contributed by atoms with Gasteiger partial charge in [-0.2, -0.15) is 0 Å². The number of nitrogens with zero attached hydrogens (tertiary/aromatic N) is 3. The molecule has 5 aromatic carbocycles. The standard InChI is InChI=1S/C52H56N3O.Pt/c1-49(2,3)37-28-38(50(4,5)6)30-40(29-37)55-45-23-18-21-41(35-25-34(33-19-14-13-15-20-33)26-36(27-35)44-22-16-17-24-53-44)46(45)54-48(55)42-31-39(51(7,8)9)32-43(47(42)56)52(10,11)12;/h13-26,28-32,56H,1-12H3;/q-1;. The number of benzene rings is 5. The van der Waals surface area contributed by atoms with E-state index in [9.17, 15) is 5.11 Å². The van der Waals surface area contributed by atoms with E-state index < -0.39 is 0 Å². The van der Waals surface area contributed by atoms with Crippen LogP contribution in [0.4, 0.5) is 0 Å². The number of imidazole rings is 1. The van der Waals surface area contributed by atoms with Gasteiger partial charge in [-0.1, -0.05) is 167 Å². The quantitative estimate of drug-likeness (QED) is 0.175. The Hall–Kier alpha value is -4.79. The van der Waals surface area contributed by atoms with E-state index in [0.717, 1.165) is 66.9 Å². The second-order valence-electron chi connectivity index (χ2n) is 19.4. The predicted octanol–water partition coefficient (Wildman–Crippen LogP) is 13.8. The van der Waals surface area contributed by atoms with E-state index in [1.54, 1.807) is 0 Å². The van der Waals surface area contributed by atoms with Crippen LogP contribution in [-0.4, -0.2) is 19.6 Å². The number of pyridine rings is 1. The van der Waals surface area contributed by atoms with Crippen LogP contribution in [0.15, 0.2) is 115 Å². The summed E-state index contributed by atoms with van der Waals surface area (Å²) in [6.45, 7) is 26.8. The van der Waals surface area contributed by atoms with Crippen molar-refractivity contribution >= 4 is 11.0 Å². The van der Waals surface area contributed by atoms with Crippen LogP contribution in [0, 0.1) is 6.07 Å². The number of hydrogen-bond acceptors (Lipinski definition) is 3. The molecule has 0 atom stereocenters. The molecule has 7 aromatic rings. The number of aromatic nitrogens is 3. The van der Waals surface area contributed by atoms with Crippen molar-refractivity contribution in [3.8, 4) is 56.3 Å². The van der Waals surface area contributed by atoms with Gasteiger partial charge in [0.2, 0.25) is 0 Å². The molecular weight excluding hydrogens is 878 g/mol. The summed E-state index contributed by atoms with van der Waals surface area (Å²) in [5, 5.41) is 12.4. The molecule has 0 unspecified atom stereocenters. The van der Waals surface area contributed by atoms with Crippen LogP contribution < -0.4 is 0 Å². The fraction of sp³-hybridized carbons (Fsp3) is 0.308. The Balaban J connectivity index is 0.00000549. The van der Waals surface area contributed by atoms with E-state index in [4.69, 9.17) is 9.97 Å². The van der Waals surface area contributed by atoms with Crippen LogP contribution in [0.1, 0.15) is 105 Å². The topological polar surface area (TPSA) is 50.9 Å². The zero-order valence-electron chi connectivity index (χ0n) is 35.6. The average molecular weight is 934 g/mol. The number of para-hydroxylation sites is 1. The fourth-order valence-corrected chi connectivity index (χ4v) is 7.35. The van der Waals surface area contributed by atoms with Crippen molar-refractivity contribution in [3.63, 3.8) is 0 Å². The molecule has 0 aliphatic rings. The van der Waals surface area contributed by atoms with Gasteiger partial charge in [0.05, 0.1) is 16.6 Å². The largest absolute Gasteiger partial charge is 0.507 e. The Labute approximate surface area is 354 Å². The number of aromatic hydroxyl groups is 1. The van der Waals surface area contributed by atoms with Crippen LogP contribution in [0.5, 0.6) is 5.75 Å². The van der Waals surface area contributed by atoms with Crippen molar-refractivity contribution in [2.75, 3.05) is 0 Å². The van der Waals surface area contributed by atoms with Crippen LogP contribution in [0.2, 0.25) is 0 Å². The third-order valence-electron chi connectivity index (χ3n) is 10.8. The predicted molar refractivity (Wildman–Crippen MR) is 236 cm³/mol. The molecule has 0 aliphatic heterocycles. The van der Waals surface area contributed by atoms with Crippen molar-refractivity contribution in [2.45, 2.75) is 105 Å². The summed E-state index contributed by atoms with van der Waals surface area (Å²) in [4.78, 5) is 10.3. The van der Waals surface area contributed by atoms with Gasteiger partial charge in [0.15, 0.2) is 0 Å². The van der Waals surface area contributed by atoms with E-state index in [1.165, 1.54) is 11.1 Å². The summed E-state index contributed by atoms with van der Waals surface area (Å²) in [6.07, 6.45) is 1.83. The number of fused-ring (bicyclic) bond motifs is 1. The van der Waals surface area contributed by atoms with Crippen LogP contribution in [0.25, 0.3) is 61.6 Å². The molecule has 0 radical (unpaired) electrons. The van der Waals surface area contributed by atoms with Crippen LogP contribution in [-0.2, 0) is 42.7 Å². The van der Waals surface area contributed by atoms with E-state index in [1.807, 2.05) is 30.5 Å². The summed E-state index contributed by atoms with van der Waals surface area (Å²) in [5.74, 6) is 0.971. The first kappa shape index (κ1) is 41.8. The van der Waals surface area contributed by atoms with Gasteiger partial charge in [-0.15, -0.1) is 23.8 Å². The number of phenols is 1. The van der Waals surface area contributed by atoms with Gasteiger partial charge in [-0.25, -0.2) is 4.98 Å². The first-order valence-electron chi connectivity index (χ1n) is 19.8. The molecule has 0 saturated carbocycles. The molecule has 1 N–H and O–H groups in total. The minimum absolute atomic E-state index is 0. The maximum atomic E-state index is 12.4. The summed E-state index contributed by atoms with van der Waals surface area (Å²) in [5.41, 5.74) is 13.3. The molecule has 2 heterocycles. The Bertz CT molecular complexity index is 2470. The summed E-state index contributed by atoms with van der Waals surface area (Å²) < 4.78 is 2.28. The first-order valence-corrected chi connectivity index (χ1v) is 19.8. The van der Waals surface area contributed by atoms with Gasteiger partial charge in [0, 0.05) is 44.2 Å². The number of rotatable bonds is 5. The molecule has 57 heavy (non-hydrogen) atoms. The maximum Gasteiger partial charge on any atom is 0.148 e. The van der Waals surface area contributed by atoms with E-state index in [2.05, 4.69) is 179 Å². The molecule has 2 aromatic heterocycles. The molecule has 0 spiro atoms. The van der Waals surface area contributed by atoms with Crippen molar-refractivity contribution < 1.29 is 26.2 Å². The number of hydrogen-bond donors (Lipinski definition) is 1. The van der Waals surface area contributed by atoms with Crippen LogP contribution in [0.3, 0.4) is 0 Å². The molecule has 4 nitrogen and oxygen atoms in total. The van der Waals surface area contributed by atoms with Gasteiger partial charge in [0.25, 0.3) is 0 Å². The van der Waals surface area contributed by atoms with E-state index >= 15 is 0 Å². The Kier molecular flexibility index (Phi) is 11.1. The minimum Gasteiger partial charge on any atom is -0.507 e. The molecule has 0 bridgehead atoms. The molecule has 5 heteroatoms. The van der Waals surface area contributed by atoms with E-state index in [-0.39, 0.29) is 48.5 Å². The van der Waals surface area contributed by atoms with Gasteiger partial charge in [0.1, 0.15) is 11.6 Å². The third-order valence-corrected chi connectivity index (χ3v) is 10.8. The van der Waals surface area contributed by atoms with Crippen LogP contribution >= 0.6 is 0 Å². The van der Waals surface area contributed by atoms with Crippen molar-refractivity contribution in [1.82, 2.24) is 14.5 Å². The molecule has 0 aliphatic carbocycles. The zero-order valence-corrected chi connectivity index (χ0v) is 37.8. The van der Waals surface area contributed by atoms with Gasteiger partial charge in [-0.05, 0) is 74.2 Å². The minimum atomic E-state index is -0.303. The van der Waals surface area contributed by atoms with Crippen molar-refractivity contribution in [2.24, 2.45) is 0 Å². The van der Waals surface area contributed by atoms with Crippen molar-refractivity contribution in [3.05, 3.63) is 144 Å². The second kappa shape index (κ2) is 15.2. The summed E-state index contributed by atoms with van der Waals surface area (Å²) >= 11 is 0. The Morgan fingerprint density at radius 2 is 1.14 bits per heavy atom. The molecule has 0 saturated heterocycles. The number of phenolic OH excluding ortho intramolecular Hbond substituents is 1. The SMILES string of the molecule is CC(C)(C)c1cc(-n2c(-c3cc(C(C)(C)C)cc(C(C)(C)C)c3O)nc3c(-c4[c-]c(-c5ccccn5)cc(-c5ccccc5)c4)cccc32)cc(C(C)(C)C)c1.[Pt]. The zero-order chi connectivity index (χ0) is 40.4. The van der Waals surface area contributed by atoms with Gasteiger partial charge in [-0.3, -0.25) is 9.55 Å². The second-order valence-corrected chi connectivity index (χ2v) is 19.4. The average Bonchev–Trinajstić information content (AvgIpc) is 3.53. The first-order chi connectivity index (χ1) is 26.2. The van der Waals surface area contributed by atoms with Gasteiger partial charge >= 0.3 is 0 Å².